The van der Waals surface area contributed by atoms with Gasteiger partial charge >= 0.3 is 0 Å². The van der Waals surface area contributed by atoms with Crippen LogP contribution < -0.4 is 10.6 Å². The second-order valence-corrected chi connectivity index (χ2v) is 5.33. The first kappa shape index (κ1) is 17.0. The average molecular weight is 297 g/mol. The molecule has 1 aromatic carbocycles. The number of carbonyl (C=O) groups is 1. The Morgan fingerprint density at radius 3 is 2.60 bits per heavy atom. The van der Waals surface area contributed by atoms with Gasteiger partial charge in [0.15, 0.2) is 0 Å². The van der Waals surface area contributed by atoms with Crippen molar-refractivity contribution < 1.29 is 4.79 Å². The summed E-state index contributed by atoms with van der Waals surface area (Å²) in [4.78, 5) is 12.1. The van der Waals surface area contributed by atoms with E-state index in [1.165, 1.54) is 17.5 Å². The molecule has 1 amide bonds. The van der Waals surface area contributed by atoms with Crippen molar-refractivity contribution in [2.75, 3.05) is 6.54 Å². The summed E-state index contributed by atoms with van der Waals surface area (Å²) in [6.45, 7) is 5.15. The lowest BCUT2D eigenvalue weighted by Gasteiger charge is -2.24. The second kappa shape index (κ2) is 8.28. The molecular weight excluding hydrogens is 272 g/mol. The van der Waals surface area contributed by atoms with Crippen molar-refractivity contribution in [3.63, 3.8) is 0 Å². The van der Waals surface area contributed by atoms with E-state index >= 15 is 0 Å². The molecule has 0 saturated carbocycles. The van der Waals surface area contributed by atoms with Crippen LogP contribution in [-0.2, 0) is 11.2 Å². The van der Waals surface area contributed by atoms with E-state index in [-0.39, 0.29) is 30.4 Å². The molecule has 0 aliphatic carbocycles. The smallest absolute Gasteiger partial charge is 0.237 e. The SMILES string of the molecule is CCc1ccc(C(C)NC(=O)[C@@H]2CCCCN2)cc1.Cl. The number of nitrogens with one attached hydrogen (secondary N) is 2. The fourth-order valence-corrected chi connectivity index (χ4v) is 2.51. The zero-order valence-electron chi connectivity index (χ0n) is 12.3. The molecule has 20 heavy (non-hydrogen) atoms. The molecule has 0 aromatic heterocycles. The standard InChI is InChI=1S/C16H24N2O.ClH/c1-3-13-7-9-14(10-8-13)12(2)18-16(19)15-6-4-5-11-17-15;/h7-10,12,15,17H,3-6,11H2,1-2H3,(H,18,19);1H/t12?,15-;/m0./s1. The normalized spacial score (nSPS) is 19.8. The van der Waals surface area contributed by atoms with Gasteiger partial charge in [0.25, 0.3) is 0 Å². The van der Waals surface area contributed by atoms with Crippen molar-refractivity contribution >= 4 is 18.3 Å². The number of piperidine rings is 1. The molecule has 1 unspecified atom stereocenters. The maximum absolute atomic E-state index is 12.1. The Bertz CT molecular complexity index is 413. The van der Waals surface area contributed by atoms with E-state index in [1.807, 2.05) is 6.92 Å². The van der Waals surface area contributed by atoms with Gasteiger partial charge in [-0.25, -0.2) is 0 Å². The van der Waals surface area contributed by atoms with Crippen molar-refractivity contribution in [2.24, 2.45) is 0 Å². The molecule has 1 saturated heterocycles. The highest BCUT2D eigenvalue weighted by Gasteiger charge is 2.21. The van der Waals surface area contributed by atoms with Gasteiger partial charge in [-0.2, -0.15) is 0 Å². The quantitative estimate of drug-likeness (QED) is 0.897. The average Bonchev–Trinajstić information content (AvgIpc) is 2.48. The summed E-state index contributed by atoms with van der Waals surface area (Å²) in [5, 5.41) is 6.38. The fraction of sp³-hybridized carbons (Fsp3) is 0.562. The lowest BCUT2D eigenvalue weighted by atomic mass is 10.0. The van der Waals surface area contributed by atoms with Gasteiger partial charge in [0, 0.05) is 0 Å². The molecule has 112 valence electrons. The zero-order chi connectivity index (χ0) is 13.7. The molecule has 0 radical (unpaired) electrons. The molecule has 2 atom stereocenters. The van der Waals surface area contributed by atoms with Gasteiger partial charge in [0.2, 0.25) is 5.91 Å². The highest BCUT2D eigenvalue weighted by molar-refractivity contribution is 5.85. The monoisotopic (exact) mass is 296 g/mol. The summed E-state index contributed by atoms with van der Waals surface area (Å²) in [6, 6.07) is 8.55. The third kappa shape index (κ3) is 4.50. The van der Waals surface area contributed by atoms with Crippen LogP contribution in [0.1, 0.15) is 50.3 Å². The summed E-state index contributed by atoms with van der Waals surface area (Å²) in [7, 11) is 0. The van der Waals surface area contributed by atoms with E-state index in [0.717, 1.165) is 25.8 Å². The van der Waals surface area contributed by atoms with Crippen molar-refractivity contribution in [2.45, 2.75) is 51.6 Å². The van der Waals surface area contributed by atoms with Crippen LogP contribution in [0.4, 0.5) is 0 Å². The van der Waals surface area contributed by atoms with Gasteiger partial charge in [-0.1, -0.05) is 37.6 Å². The molecule has 0 spiro atoms. The first-order valence-corrected chi connectivity index (χ1v) is 7.33. The predicted octanol–water partition coefficient (Wildman–Crippen LogP) is 2.99. The van der Waals surface area contributed by atoms with Crippen LogP contribution in [0, 0.1) is 0 Å². The molecule has 1 fully saturated rings. The fourth-order valence-electron chi connectivity index (χ4n) is 2.51. The third-order valence-electron chi connectivity index (χ3n) is 3.87. The predicted molar refractivity (Wildman–Crippen MR) is 85.3 cm³/mol. The van der Waals surface area contributed by atoms with Crippen molar-refractivity contribution in [1.29, 1.82) is 0 Å². The molecule has 4 heteroatoms. The molecule has 3 nitrogen and oxygen atoms in total. The van der Waals surface area contributed by atoms with E-state index in [4.69, 9.17) is 0 Å². The van der Waals surface area contributed by atoms with Gasteiger partial charge < -0.3 is 10.6 Å². The number of benzene rings is 1. The van der Waals surface area contributed by atoms with E-state index in [9.17, 15) is 4.79 Å². The Hall–Kier alpha value is -1.06. The van der Waals surface area contributed by atoms with Crippen LogP contribution >= 0.6 is 12.4 Å². The summed E-state index contributed by atoms with van der Waals surface area (Å²) < 4.78 is 0. The number of hydrogen-bond acceptors (Lipinski definition) is 2. The summed E-state index contributed by atoms with van der Waals surface area (Å²) in [6.07, 6.45) is 4.32. The van der Waals surface area contributed by atoms with Crippen LogP contribution in [0.2, 0.25) is 0 Å². The van der Waals surface area contributed by atoms with E-state index < -0.39 is 0 Å². The summed E-state index contributed by atoms with van der Waals surface area (Å²) in [5.41, 5.74) is 2.50. The second-order valence-electron chi connectivity index (χ2n) is 5.33. The van der Waals surface area contributed by atoms with Crippen molar-refractivity contribution in [1.82, 2.24) is 10.6 Å². The van der Waals surface area contributed by atoms with Gasteiger partial charge in [-0.15, -0.1) is 12.4 Å². The van der Waals surface area contributed by atoms with Gasteiger partial charge in [0.05, 0.1) is 12.1 Å². The van der Waals surface area contributed by atoms with Crippen LogP contribution in [0.3, 0.4) is 0 Å². The minimum atomic E-state index is -0.00823. The van der Waals surface area contributed by atoms with Crippen LogP contribution in [-0.4, -0.2) is 18.5 Å². The largest absolute Gasteiger partial charge is 0.348 e. The molecule has 2 rings (SSSR count). The first-order valence-electron chi connectivity index (χ1n) is 7.33. The Morgan fingerprint density at radius 1 is 1.35 bits per heavy atom. The van der Waals surface area contributed by atoms with E-state index in [0.29, 0.717) is 0 Å². The highest BCUT2D eigenvalue weighted by atomic mass is 35.5. The van der Waals surface area contributed by atoms with Crippen molar-refractivity contribution in [3.8, 4) is 0 Å². The number of amides is 1. The number of hydrogen-bond donors (Lipinski definition) is 2. The number of rotatable bonds is 4. The zero-order valence-corrected chi connectivity index (χ0v) is 13.1. The van der Waals surface area contributed by atoms with Crippen LogP contribution in [0.15, 0.2) is 24.3 Å². The lowest BCUT2D eigenvalue weighted by molar-refractivity contribution is -0.124. The number of aryl methyl sites for hydroxylation is 1. The lowest BCUT2D eigenvalue weighted by Crippen LogP contribution is -2.47. The van der Waals surface area contributed by atoms with Crippen molar-refractivity contribution in [3.05, 3.63) is 35.4 Å². The molecule has 0 bridgehead atoms. The van der Waals surface area contributed by atoms with Gasteiger partial charge in [-0.05, 0) is 43.9 Å². The first-order chi connectivity index (χ1) is 9.20. The summed E-state index contributed by atoms with van der Waals surface area (Å²) >= 11 is 0. The molecule has 1 heterocycles. The maximum atomic E-state index is 12.1. The molecule has 1 aromatic rings. The minimum Gasteiger partial charge on any atom is -0.348 e. The van der Waals surface area contributed by atoms with Crippen LogP contribution in [0.5, 0.6) is 0 Å². The topological polar surface area (TPSA) is 41.1 Å². The number of halogens is 1. The maximum Gasteiger partial charge on any atom is 0.237 e. The Balaban J connectivity index is 0.00000200. The van der Waals surface area contributed by atoms with Gasteiger partial charge in [-0.3, -0.25) is 4.79 Å². The number of carbonyl (C=O) groups excluding carboxylic acids is 1. The molecule has 1 aliphatic heterocycles. The third-order valence-corrected chi connectivity index (χ3v) is 3.87. The van der Waals surface area contributed by atoms with Gasteiger partial charge in [0.1, 0.15) is 0 Å². The van der Waals surface area contributed by atoms with Crippen LogP contribution in [0.25, 0.3) is 0 Å². The summed E-state index contributed by atoms with van der Waals surface area (Å²) in [5.74, 6) is 0.131. The van der Waals surface area contributed by atoms with E-state index in [1.54, 1.807) is 0 Å². The van der Waals surface area contributed by atoms with E-state index in [2.05, 4.69) is 41.8 Å². The molecule has 2 N–H and O–H groups in total. The highest BCUT2D eigenvalue weighted by Crippen LogP contribution is 2.15. The molecule has 1 aliphatic rings. The Kier molecular flexibility index (Phi) is 7.03. The Morgan fingerprint density at radius 2 is 2.05 bits per heavy atom. The Labute approximate surface area is 127 Å². The molecular formula is C16H25ClN2O. The minimum absolute atomic E-state index is 0.